The predicted molar refractivity (Wildman–Crippen MR) is 43.3 cm³/mol. The van der Waals surface area contributed by atoms with Crippen molar-refractivity contribution in [3.63, 3.8) is 0 Å². The third-order valence-electron chi connectivity index (χ3n) is 1.07. The van der Waals surface area contributed by atoms with E-state index in [1.807, 2.05) is 0 Å². The van der Waals surface area contributed by atoms with Crippen molar-refractivity contribution in [1.82, 2.24) is 0 Å². The highest BCUT2D eigenvalue weighted by molar-refractivity contribution is 7.36. The molecule has 0 aromatic carbocycles. The van der Waals surface area contributed by atoms with Gasteiger partial charge in [0, 0.05) is 12.0 Å². The van der Waals surface area contributed by atoms with Gasteiger partial charge >= 0.3 is 5.97 Å². The summed E-state index contributed by atoms with van der Waals surface area (Å²) in [4.78, 5) is 30.6. The average Bonchev–Trinajstić information content (AvgIpc) is 2.02. The molecule has 0 spiro atoms. The Kier molecular flexibility index (Phi) is 6.72. The standard InChI is InChI=1S/C7H11O5P/c1-6(2)7(8)11-4-3-5-12-13(9)10/h1,3-5H2,2H3/q-2. The van der Waals surface area contributed by atoms with Crippen molar-refractivity contribution in [2.45, 2.75) is 13.3 Å². The lowest BCUT2D eigenvalue weighted by Gasteiger charge is -2.28. The molecule has 0 aliphatic rings. The first-order chi connectivity index (χ1) is 6.04. The second-order valence-corrected chi connectivity index (χ2v) is 3.03. The highest BCUT2D eigenvalue weighted by Gasteiger charge is 2.01. The molecule has 0 fully saturated rings. The molecule has 0 bridgehead atoms. The highest BCUT2D eigenvalue weighted by Crippen LogP contribution is 2.12. The molecule has 0 amide bonds. The van der Waals surface area contributed by atoms with E-state index in [2.05, 4.69) is 15.8 Å². The fraction of sp³-hybridized carbons (Fsp3) is 0.571. The summed E-state index contributed by atoms with van der Waals surface area (Å²) in [6.07, 6.45) is 0.350. The minimum absolute atomic E-state index is 0.0299. The Labute approximate surface area is 78.0 Å². The summed E-state index contributed by atoms with van der Waals surface area (Å²) in [5.41, 5.74) is 0.316. The molecule has 0 unspecified atom stereocenters. The summed E-state index contributed by atoms with van der Waals surface area (Å²) < 4.78 is 8.89. The van der Waals surface area contributed by atoms with Gasteiger partial charge in [-0.15, -0.1) is 0 Å². The van der Waals surface area contributed by atoms with Crippen LogP contribution in [-0.4, -0.2) is 19.2 Å². The fourth-order valence-electron chi connectivity index (χ4n) is 0.486. The zero-order valence-electron chi connectivity index (χ0n) is 7.32. The maximum absolute atomic E-state index is 10.8. The van der Waals surface area contributed by atoms with Gasteiger partial charge in [-0.25, -0.2) is 4.79 Å². The molecule has 0 aliphatic heterocycles. The Morgan fingerprint density at radius 2 is 2.08 bits per heavy atom. The van der Waals surface area contributed by atoms with Crippen LogP contribution in [0.25, 0.3) is 0 Å². The molecule has 0 heterocycles. The highest BCUT2D eigenvalue weighted by atomic mass is 31.2. The molecule has 0 saturated heterocycles. The van der Waals surface area contributed by atoms with E-state index in [1.54, 1.807) is 0 Å². The Balaban J connectivity index is 3.26. The second-order valence-electron chi connectivity index (χ2n) is 2.33. The first-order valence-corrected chi connectivity index (χ1v) is 4.73. The summed E-state index contributed by atoms with van der Waals surface area (Å²) in [6, 6.07) is 0. The van der Waals surface area contributed by atoms with Crippen LogP contribution in [0.15, 0.2) is 12.2 Å². The van der Waals surface area contributed by atoms with Crippen LogP contribution in [0.3, 0.4) is 0 Å². The maximum Gasteiger partial charge on any atom is 0.333 e. The van der Waals surface area contributed by atoms with Crippen LogP contribution in [0.1, 0.15) is 13.3 Å². The Morgan fingerprint density at radius 3 is 2.54 bits per heavy atom. The zero-order chi connectivity index (χ0) is 10.3. The fourth-order valence-corrected chi connectivity index (χ4v) is 0.764. The molecule has 13 heavy (non-hydrogen) atoms. The van der Waals surface area contributed by atoms with Crippen LogP contribution in [0.2, 0.25) is 0 Å². The van der Waals surface area contributed by atoms with Crippen LogP contribution in [-0.2, 0) is 14.1 Å². The molecule has 0 rings (SSSR count). The Morgan fingerprint density at radius 1 is 1.46 bits per heavy atom. The third kappa shape index (κ3) is 7.87. The topological polar surface area (TPSA) is 81.7 Å². The van der Waals surface area contributed by atoms with Crippen LogP contribution in [0.5, 0.6) is 0 Å². The minimum atomic E-state index is -2.80. The molecule has 0 aromatic rings. The normalized spacial score (nSPS) is 10.2. The van der Waals surface area contributed by atoms with Crippen molar-refractivity contribution in [2.24, 2.45) is 0 Å². The Hall–Kier alpha value is -0.480. The maximum atomic E-state index is 10.8. The van der Waals surface area contributed by atoms with Crippen LogP contribution in [0, 0.1) is 0 Å². The number of esters is 1. The summed E-state index contributed by atoms with van der Waals surface area (Å²) in [6.45, 7) is 5.08. The van der Waals surface area contributed by atoms with Gasteiger partial charge in [0.15, 0.2) is 0 Å². The minimum Gasteiger partial charge on any atom is -0.820 e. The van der Waals surface area contributed by atoms with E-state index in [0.717, 1.165) is 0 Å². The number of hydrogen-bond acceptors (Lipinski definition) is 5. The molecule has 0 N–H and O–H groups in total. The van der Waals surface area contributed by atoms with Crippen molar-refractivity contribution in [2.75, 3.05) is 13.2 Å². The van der Waals surface area contributed by atoms with Gasteiger partial charge < -0.3 is 19.0 Å². The van der Waals surface area contributed by atoms with Crippen molar-refractivity contribution >= 4 is 14.6 Å². The molecule has 0 aromatic heterocycles. The van der Waals surface area contributed by atoms with Gasteiger partial charge in [0.1, 0.15) is 0 Å². The molecular formula is C7H11O5P-2. The number of carbonyl (C=O) groups excluding carboxylic acids is 1. The third-order valence-corrected chi connectivity index (χ3v) is 1.46. The van der Waals surface area contributed by atoms with E-state index in [-0.39, 0.29) is 13.2 Å². The molecule has 5 nitrogen and oxygen atoms in total. The van der Waals surface area contributed by atoms with Gasteiger partial charge in [-0.05, 0) is 6.92 Å². The van der Waals surface area contributed by atoms with E-state index in [4.69, 9.17) is 0 Å². The van der Waals surface area contributed by atoms with Crippen molar-refractivity contribution in [3.8, 4) is 0 Å². The van der Waals surface area contributed by atoms with Crippen molar-refractivity contribution < 1.29 is 23.8 Å². The predicted octanol–water partition coefficient (Wildman–Crippen LogP) is -0.540. The number of hydrogen-bond donors (Lipinski definition) is 0. The summed E-state index contributed by atoms with van der Waals surface area (Å²) >= 11 is 0. The number of rotatable bonds is 6. The van der Waals surface area contributed by atoms with Gasteiger partial charge in [0.25, 0.3) is 0 Å². The molecule has 6 heteroatoms. The quantitative estimate of drug-likeness (QED) is 0.252. The lowest BCUT2D eigenvalue weighted by Crippen LogP contribution is -2.13. The largest absolute Gasteiger partial charge is 0.820 e. The second kappa shape index (κ2) is 6.97. The van der Waals surface area contributed by atoms with Gasteiger partial charge in [-0.3, -0.25) is 0 Å². The van der Waals surface area contributed by atoms with E-state index < -0.39 is 14.6 Å². The molecule has 0 atom stereocenters. The molecule has 0 aliphatic carbocycles. The zero-order valence-corrected chi connectivity index (χ0v) is 8.21. The lowest BCUT2D eigenvalue weighted by atomic mass is 10.4. The van der Waals surface area contributed by atoms with E-state index in [1.165, 1.54) is 6.92 Å². The summed E-state index contributed by atoms with van der Waals surface area (Å²) in [7, 11) is -2.80. The first-order valence-electron chi connectivity index (χ1n) is 3.64. The molecule has 0 saturated carbocycles. The molecular weight excluding hydrogens is 195 g/mol. The monoisotopic (exact) mass is 206 g/mol. The summed E-state index contributed by atoms with van der Waals surface area (Å²) in [5.74, 6) is -0.480. The van der Waals surface area contributed by atoms with Gasteiger partial charge in [0.2, 0.25) is 0 Å². The molecule has 76 valence electrons. The van der Waals surface area contributed by atoms with Crippen molar-refractivity contribution in [3.05, 3.63) is 12.2 Å². The smallest absolute Gasteiger partial charge is 0.333 e. The average molecular weight is 206 g/mol. The van der Waals surface area contributed by atoms with Gasteiger partial charge in [-0.2, -0.15) is 8.60 Å². The molecule has 0 radical (unpaired) electrons. The van der Waals surface area contributed by atoms with Gasteiger partial charge in [-0.1, -0.05) is 6.58 Å². The van der Waals surface area contributed by atoms with E-state index in [0.29, 0.717) is 12.0 Å². The first kappa shape index (κ1) is 12.5. The van der Waals surface area contributed by atoms with Crippen LogP contribution < -0.4 is 9.79 Å². The Bertz CT molecular complexity index is 180. The van der Waals surface area contributed by atoms with E-state index in [9.17, 15) is 14.6 Å². The summed E-state index contributed by atoms with van der Waals surface area (Å²) in [5, 5.41) is 0. The van der Waals surface area contributed by atoms with Gasteiger partial charge in [0.05, 0.1) is 13.2 Å². The number of carbonyl (C=O) groups is 1. The SMILES string of the molecule is C=C(C)C(=O)OCCCOP([O-])[O-]. The van der Waals surface area contributed by atoms with Crippen LogP contribution in [0.4, 0.5) is 0 Å². The van der Waals surface area contributed by atoms with Crippen molar-refractivity contribution in [1.29, 1.82) is 0 Å². The lowest BCUT2D eigenvalue weighted by molar-refractivity contribution is -0.318. The van der Waals surface area contributed by atoms with Crippen LogP contribution >= 0.6 is 8.60 Å². The van der Waals surface area contributed by atoms with E-state index >= 15 is 0 Å². The number of ether oxygens (including phenoxy) is 1.